The highest BCUT2D eigenvalue weighted by atomic mass is 15.0. The Hall–Kier alpha value is -2.02. The van der Waals surface area contributed by atoms with Crippen molar-refractivity contribution in [2.45, 2.75) is 6.42 Å². The van der Waals surface area contributed by atoms with E-state index in [-0.39, 0.29) is 0 Å². The van der Waals surface area contributed by atoms with Crippen molar-refractivity contribution < 1.29 is 0 Å². The molecule has 16 heavy (non-hydrogen) atoms. The first kappa shape index (κ1) is 8.17. The van der Waals surface area contributed by atoms with E-state index in [0.29, 0.717) is 0 Å². The lowest BCUT2D eigenvalue weighted by Crippen LogP contribution is -1.83. The monoisotopic (exact) mass is 205 g/mol. The van der Waals surface area contributed by atoms with E-state index in [0.717, 1.165) is 6.42 Å². The Kier molecular flexibility index (Phi) is 1.41. The van der Waals surface area contributed by atoms with Crippen molar-refractivity contribution in [3.05, 3.63) is 54.4 Å². The first-order chi connectivity index (χ1) is 7.92. The van der Waals surface area contributed by atoms with Crippen LogP contribution in [0.3, 0.4) is 0 Å². The lowest BCUT2D eigenvalue weighted by molar-refractivity contribution is 1.10. The number of hydrogen-bond acceptors (Lipinski definition) is 0. The van der Waals surface area contributed by atoms with Crippen molar-refractivity contribution in [2.24, 2.45) is 0 Å². The van der Waals surface area contributed by atoms with Crippen LogP contribution in [0.2, 0.25) is 0 Å². The predicted molar refractivity (Wildman–Crippen MR) is 68.5 cm³/mol. The zero-order valence-corrected chi connectivity index (χ0v) is 8.85. The van der Waals surface area contributed by atoms with Crippen LogP contribution in [-0.4, -0.2) is 4.57 Å². The molecule has 1 nitrogen and oxygen atoms in total. The fourth-order valence-electron chi connectivity index (χ4n) is 2.61. The Labute approximate surface area is 93.6 Å². The summed E-state index contributed by atoms with van der Waals surface area (Å²) in [6, 6.07) is 13.1. The van der Waals surface area contributed by atoms with Crippen LogP contribution < -0.4 is 0 Å². The van der Waals surface area contributed by atoms with Crippen molar-refractivity contribution in [3.8, 4) is 0 Å². The largest absolute Gasteiger partial charge is 0.326 e. The summed E-state index contributed by atoms with van der Waals surface area (Å²) in [6.07, 6.45) is 7.65. The average molecular weight is 205 g/mol. The Morgan fingerprint density at radius 2 is 1.75 bits per heavy atom. The molecule has 0 saturated carbocycles. The third-order valence-corrected chi connectivity index (χ3v) is 3.40. The van der Waals surface area contributed by atoms with Crippen molar-refractivity contribution in [2.75, 3.05) is 0 Å². The van der Waals surface area contributed by atoms with Gasteiger partial charge in [0, 0.05) is 35.3 Å². The van der Waals surface area contributed by atoms with Gasteiger partial charge in [-0.05, 0) is 22.9 Å². The molecule has 1 heteroatoms. The van der Waals surface area contributed by atoms with Gasteiger partial charge >= 0.3 is 0 Å². The number of allylic oxidation sites excluding steroid dienone is 1. The van der Waals surface area contributed by atoms with Crippen molar-refractivity contribution >= 4 is 27.7 Å². The molecule has 0 radical (unpaired) electrons. The first-order valence-corrected chi connectivity index (χ1v) is 5.61. The second-order valence-electron chi connectivity index (χ2n) is 4.36. The van der Waals surface area contributed by atoms with Gasteiger partial charge in [0.1, 0.15) is 0 Å². The van der Waals surface area contributed by atoms with Gasteiger partial charge in [-0.2, -0.15) is 0 Å². The van der Waals surface area contributed by atoms with Gasteiger partial charge in [0.15, 0.2) is 0 Å². The highest BCUT2D eigenvalue weighted by Gasteiger charge is 2.10. The van der Waals surface area contributed by atoms with E-state index < -0.39 is 0 Å². The maximum atomic E-state index is 2.31. The zero-order chi connectivity index (χ0) is 10.5. The summed E-state index contributed by atoms with van der Waals surface area (Å²) < 4.78 is 2.24. The van der Waals surface area contributed by atoms with E-state index in [9.17, 15) is 0 Å². The molecule has 2 heterocycles. The van der Waals surface area contributed by atoms with Crippen LogP contribution in [0, 0.1) is 0 Å². The van der Waals surface area contributed by atoms with E-state index in [4.69, 9.17) is 0 Å². The maximum Gasteiger partial charge on any atom is 0.0337 e. The van der Waals surface area contributed by atoms with Gasteiger partial charge < -0.3 is 4.57 Å². The molecule has 0 saturated heterocycles. The smallest absolute Gasteiger partial charge is 0.0337 e. The van der Waals surface area contributed by atoms with Gasteiger partial charge in [-0.1, -0.05) is 30.3 Å². The SMILES string of the molecule is C1=Cn2cc3cc4ccccc4cc3c2C1. The van der Waals surface area contributed by atoms with Crippen LogP contribution in [-0.2, 0) is 6.42 Å². The fraction of sp³-hybridized carbons (Fsp3) is 0.0667. The van der Waals surface area contributed by atoms with Crippen molar-refractivity contribution in [3.63, 3.8) is 0 Å². The Morgan fingerprint density at radius 3 is 2.62 bits per heavy atom. The average Bonchev–Trinajstić information content (AvgIpc) is 2.86. The molecule has 0 atom stereocenters. The molecule has 0 spiro atoms. The molecule has 0 fully saturated rings. The second-order valence-corrected chi connectivity index (χ2v) is 4.36. The van der Waals surface area contributed by atoms with E-state index in [1.165, 1.54) is 27.2 Å². The Morgan fingerprint density at radius 1 is 0.938 bits per heavy atom. The highest BCUT2D eigenvalue weighted by molar-refractivity contribution is 6.00. The number of benzene rings is 2. The molecule has 3 aromatic rings. The van der Waals surface area contributed by atoms with Crippen LogP contribution in [0.15, 0.2) is 48.7 Å². The predicted octanol–water partition coefficient (Wildman–Crippen LogP) is 3.82. The molecule has 0 N–H and O–H groups in total. The van der Waals surface area contributed by atoms with E-state index >= 15 is 0 Å². The quantitative estimate of drug-likeness (QED) is 0.525. The minimum Gasteiger partial charge on any atom is -0.326 e. The molecule has 0 aliphatic carbocycles. The summed E-state index contributed by atoms with van der Waals surface area (Å²) in [6.45, 7) is 0. The summed E-state index contributed by atoms with van der Waals surface area (Å²) in [5.74, 6) is 0. The molecule has 76 valence electrons. The molecule has 4 rings (SSSR count). The summed E-state index contributed by atoms with van der Waals surface area (Å²) in [4.78, 5) is 0. The molecule has 2 aromatic carbocycles. The molecule has 1 aromatic heterocycles. The van der Waals surface area contributed by atoms with Gasteiger partial charge in [-0.3, -0.25) is 0 Å². The van der Waals surface area contributed by atoms with E-state index in [1.807, 2.05) is 0 Å². The van der Waals surface area contributed by atoms with Crippen LogP contribution >= 0.6 is 0 Å². The highest BCUT2D eigenvalue weighted by Crippen LogP contribution is 2.29. The summed E-state index contributed by atoms with van der Waals surface area (Å²) in [5, 5.41) is 5.39. The lowest BCUT2D eigenvalue weighted by atomic mass is 10.1. The van der Waals surface area contributed by atoms with Crippen LogP contribution in [0.1, 0.15) is 5.69 Å². The van der Waals surface area contributed by atoms with Gasteiger partial charge in [-0.25, -0.2) is 0 Å². The Bertz CT molecular complexity index is 732. The number of nitrogens with zero attached hydrogens (tertiary/aromatic N) is 1. The molecule has 0 amide bonds. The Balaban J connectivity index is 2.20. The van der Waals surface area contributed by atoms with Gasteiger partial charge in [-0.15, -0.1) is 0 Å². The van der Waals surface area contributed by atoms with Gasteiger partial charge in [0.05, 0.1) is 0 Å². The van der Waals surface area contributed by atoms with Gasteiger partial charge in [0.2, 0.25) is 0 Å². The molecular weight excluding hydrogens is 194 g/mol. The number of fused-ring (bicyclic) bond motifs is 4. The standard InChI is InChI=1S/C15H11N/c1-2-5-12-9-14-13(8-11(12)4-1)10-16-7-3-6-15(14)16/h1-5,7-10H,6H2. The van der Waals surface area contributed by atoms with Crippen LogP contribution in [0.25, 0.3) is 27.7 Å². The van der Waals surface area contributed by atoms with Crippen LogP contribution in [0.5, 0.6) is 0 Å². The number of aromatic nitrogens is 1. The first-order valence-electron chi connectivity index (χ1n) is 5.61. The number of rotatable bonds is 0. The molecule has 0 unspecified atom stereocenters. The maximum absolute atomic E-state index is 2.31. The minimum atomic E-state index is 1.06. The minimum absolute atomic E-state index is 1.06. The number of hydrogen-bond donors (Lipinski definition) is 0. The summed E-state index contributed by atoms with van der Waals surface area (Å²) in [5.41, 5.74) is 1.42. The summed E-state index contributed by atoms with van der Waals surface area (Å²) in [7, 11) is 0. The molecular formula is C15H11N. The van der Waals surface area contributed by atoms with E-state index in [1.54, 1.807) is 0 Å². The summed E-state index contributed by atoms with van der Waals surface area (Å²) >= 11 is 0. The fourth-order valence-corrected chi connectivity index (χ4v) is 2.61. The molecule has 1 aliphatic rings. The van der Waals surface area contributed by atoms with Gasteiger partial charge in [0.25, 0.3) is 0 Å². The third kappa shape index (κ3) is 0.951. The zero-order valence-electron chi connectivity index (χ0n) is 8.85. The lowest BCUT2D eigenvalue weighted by Gasteiger charge is -1.99. The second kappa shape index (κ2) is 2.76. The van der Waals surface area contributed by atoms with E-state index in [2.05, 4.69) is 59.4 Å². The topological polar surface area (TPSA) is 4.93 Å². The normalized spacial score (nSPS) is 13.8. The molecule has 0 bridgehead atoms. The van der Waals surface area contributed by atoms with Crippen LogP contribution in [0.4, 0.5) is 0 Å². The molecule has 1 aliphatic heterocycles. The third-order valence-electron chi connectivity index (χ3n) is 3.40. The van der Waals surface area contributed by atoms with Crippen molar-refractivity contribution in [1.82, 2.24) is 4.57 Å². The van der Waals surface area contributed by atoms with Crippen molar-refractivity contribution in [1.29, 1.82) is 0 Å².